The Labute approximate surface area is 85.4 Å². The summed E-state index contributed by atoms with van der Waals surface area (Å²) in [5.74, 6) is -0.826. The Morgan fingerprint density at radius 2 is 2.33 bits per heavy atom. The predicted octanol–water partition coefficient (Wildman–Crippen LogP) is -1.31. The van der Waals surface area contributed by atoms with Gasteiger partial charge in [0, 0.05) is 6.54 Å². The van der Waals surface area contributed by atoms with E-state index in [1.807, 2.05) is 0 Å². The fourth-order valence-corrected chi connectivity index (χ4v) is 1.54. The third-order valence-electron chi connectivity index (χ3n) is 2.49. The van der Waals surface area contributed by atoms with Gasteiger partial charge < -0.3 is 16.4 Å². The number of carbonyl (C=O) groups excluding carboxylic acids is 2. The maximum atomic E-state index is 11.8. The molecule has 0 radical (unpaired) electrons. The van der Waals surface area contributed by atoms with Gasteiger partial charge >= 0.3 is 0 Å². The van der Waals surface area contributed by atoms with Crippen LogP contribution in [0.4, 0.5) is 5.69 Å². The molecule has 2 rings (SSSR count). The molecular formula is C8H11N5O2. The number of amides is 2. The topological polar surface area (TPSA) is 118 Å². The van der Waals surface area contributed by atoms with Crippen LogP contribution in [-0.4, -0.2) is 39.5 Å². The first-order chi connectivity index (χ1) is 7.11. The van der Waals surface area contributed by atoms with Crippen molar-refractivity contribution in [2.24, 2.45) is 5.73 Å². The van der Waals surface area contributed by atoms with Crippen molar-refractivity contribution in [3.05, 3.63) is 11.9 Å². The van der Waals surface area contributed by atoms with Crippen molar-refractivity contribution >= 4 is 17.5 Å². The lowest BCUT2D eigenvalue weighted by atomic mass is 10.0. The van der Waals surface area contributed by atoms with Crippen LogP contribution in [0, 0.1) is 0 Å². The summed E-state index contributed by atoms with van der Waals surface area (Å²) >= 11 is 0. The molecule has 1 unspecified atom stereocenters. The van der Waals surface area contributed by atoms with E-state index < -0.39 is 11.9 Å². The third-order valence-corrected chi connectivity index (χ3v) is 2.49. The van der Waals surface area contributed by atoms with Crippen LogP contribution >= 0.6 is 0 Å². The second-order valence-corrected chi connectivity index (χ2v) is 3.41. The molecule has 1 aliphatic rings. The summed E-state index contributed by atoms with van der Waals surface area (Å²) in [7, 11) is 0. The van der Waals surface area contributed by atoms with Gasteiger partial charge in [0.05, 0.1) is 11.9 Å². The Hall–Kier alpha value is -2.05. The molecule has 0 aromatic carbocycles. The van der Waals surface area contributed by atoms with Crippen LogP contribution in [0.5, 0.6) is 0 Å². The van der Waals surface area contributed by atoms with Gasteiger partial charge in [0.1, 0.15) is 11.7 Å². The van der Waals surface area contributed by atoms with Crippen molar-refractivity contribution in [3.8, 4) is 0 Å². The molecule has 1 aromatic heterocycles. The molecule has 80 valence electrons. The van der Waals surface area contributed by atoms with Gasteiger partial charge in [-0.1, -0.05) is 0 Å². The van der Waals surface area contributed by atoms with E-state index in [2.05, 4.69) is 10.2 Å². The average molecular weight is 209 g/mol. The number of hydrogen-bond donors (Lipinski definition) is 3. The van der Waals surface area contributed by atoms with Crippen LogP contribution in [0.2, 0.25) is 0 Å². The summed E-state index contributed by atoms with van der Waals surface area (Å²) in [6.07, 6.45) is 1.96. The van der Waals surface area contributed by atoms with Crippen LogP contribution in [0.3, 0.4) is 0 Å². The first-order valence-corrected chi connectivity index (χ1v) is 4.50. The lowest BCUT2D eigenvalue weighted by Gasteiger charge is -2.38. The maximum Gasteiger partial charge on any atom is 0.274 e. The standard InChI is InChI=1S/C8H11N5O2/c9-4-3-11-12-6(4)8(15)13-2-1-5(13)7(10)14/h3,5H,1-2,9H2,(H2,10,14)(H,11,12). The first kappa shape index (κ1) is 9.50. The number of anilines is 1. The smallest absolute Gasteiger partial charge is 0.274 e. The Kier molecular flexibility index (Phi) is 2.07. The predicted molar refractivity (Wildman–Crippen MR) is 51.6 cm³/mol. The lowest BCUT2D eigenvalue weighted by Crippen LogP contribution is -2.57. The average Bonchev–Trinajstić information content (AvgIpc) is 2.47. The number of hydrogen-bond acceptors (Lipinski definition) is 4. The molecule has 0 aliphatic carbocycles. The number of likely N-dealkylation sites (tertiary alicyclic amines) is 1. The molecule has 1 saturated heterocycles. The normalized spacial score (nSPS) is 19.7. The highest BCUT2D eigenvalue weighted by Crippen LogP contribution is 2.21. The van der Waals surface area contributed by atoms with Crippen LogP contribution in [0.15, 0.2) is 6.20 Å². The van der Waals surface area contributed by atoms with E-state index in [9.17, 15) is 9.59 Å². The van der Waals surface area contributed by atoms with E-state index in [0.717, 1.165) is 0 Å². The second-order valence-electron chi connectivity index (χ2n) is 3.41. The van der Waals surface area contributed by atoms with Gasteiger partial charge in [-0.15, -0.1) is 0 Å². The zero-order valence-electron chi connectivity index (χ0n) is 7.93. The van der Waals surface area contributed by atoms with Crippen molar-refractivity contribution in [2.75, 3.05) is 12.3 Å². The van der Waals surface area contributed by atoms with Crippen molar-refractivity contribution < 1.29 is 9.59 Å². The molecule has 7 nitrogen and oxygen atoms in total. The van der Waals surface area contributed by atoms with E-state index in [4.69, 9.17) is 11.5 Å². The molecule has 2 amide bonds. The van der Waals surface area contributed by atoms with Crippen molar-refractivity contribution in [3.63, 3.8) is 0 Å². The van der Waals surface area contributed by atoms with E-state index in [0.29, 0.717) is 13.0 Å². The zero-order chi connectivity index (χ0) is 11.0. The molecule has 15 heavy (non-hydrogen) atoms. The molecule has 0 spiro atoms. The SMILES string of the molecule is NC(=O)C1CCN1C(=O)c1[nH]ncc1N. The zero-order valence-corrected chi connectivity index (χ0v) is 7.93. The number of carbonyl (C=O) groups is 2. The highest BCUT2D eigenvalue weighted by molar-refractivity contribution is 6.00. The van der Waals surface area contributed by atoms with Crippen LogP contribution in [0.25, 0.3) is 0 Å². The molecule has 2 heterocycles. The largest absolute Gasteiger partial charge is 0.396 e. The molecular weight excluding hydrogens is 198 g/mol. The Bertz CT molecular complexity index is 413. The van der Waals surface area contributed by atoms with E-state index >= 15 is 0 Å². The number of rotatable bonds is 2. The molecule has 1 aromatic rings. The van der Waals surface area contributed by atoms with E-state index in [1.54, 1.807) is 0 Å². The van der Waals surface area contributed by atoms with Crippen LogP contribution in [0.1, 0.15) is 16.9 Å². The maximum absolute atomic E-state index is 11.8. The fraction of sp³-hybridized carbons (Fsp3) is 0.375. The van der Waals surface area contributed by atoms with Gasteiger partial charge in [0.25, 0.3) is 5.91 Å². The van der Waals surface area contributed by atoms with Gasteiger partial charge in [-0.3, -0.25) is 14.7 Å². The molecule has 1 atom stereocenters. The number of H-pyrrole nitrogens is 1. The molecule has 1 fully saturated rings. The number of aromatic nitrogens is 2. The van der Waals surface area contributed by atoms with Crippen LogP contribution < -0.4 is 11.5 Å². The Morgan fingerprint density at radius 3 is 2.73 bits per heavy atom. The van der Waals surface area contributed by atoms with Gasteiger partial charge in [-0.2, -0.15) is 5.10 Å². The summed E-state index contributed by atoms with van der Waals surface area (Å²) in [5.41, 5.74) is 11.1. The lowest BCUT2D eigenvalue weighted by molar-refractivity contribution is -0.125. The number of nitrogen functional groups attached to an aromatic ring is 1. The van der Waals surface area contributed by atoms with Crippen LogP contribution in [-0.2, 0) is 4.79 Å². The summed E-state index contributed by atoms with van der Waals surface area (Å²) in [6, 6.07) is -0.514. The molecule has 0 bridgehead atoms. The number of nitrogens with two attached hydrogens (primary N) is 2. The minimum Gasteiger partial charge on any atom is -0.396 e. The Balaban J connectivity index is 2.16. The number of nitrogens with zero attached hydrogens (tertiary/aromatic N) is 2. The summed E-state index contributed by atoms with van der Waals surface area (Å²) in [6.45, 7) is 0.519. The van der Waals surface area contributed by atoms with E-state index in [-0.39, 0.29) is 17.3 Å². The quantitative estimate of drug-likeness (QED) is 0.560. The summed E-state index contributed by atoms with van der Waals surface area (Å²) in [4.78, 5) is 24.1. The number of nitrogens with one attached hydrogen (secondary N) is 1. The summed E-state index contributed by atoms with van der Waals surface area (Å²) in [5, 5.41) is 6.14. The van der Waals surface area contributed by atoms with Gasteiger partial charge in [-0.05, 0) is 6.42 Å². The van der Waals surface area contributed by atoms with Crippen molar-refractivity contribution in [1.82, 2.24) is 15.1 Å². The van der Waals surface area contributed by atoms with Gasteiger partial charge in [0.15, 0.2) is 0 Å². The number of primary amides is 1. The molecule has 0 saturated carbocycles. The highest BCUT2D eigenvalue weighted by atomic mass is 16.2. The fourth-order valence-electron chi connectivity index (χ4n) is 1.54. The molecule has 1 aliphatic heterocycles. The molecule has 5 N–H and O–H groups in total. The minimum absolute atomic E-state index is 0.209. The van der Waals surface area contributed by atoms with Crippen molar-refractivity contribution in [2.45, 2.75) is 12.5 Å². The van der Waals surface area contributed by atoms with Crippen molar-refractivity contribution in [1.29, 1.82) is 0 Å². The monoisotopic (exact) mass is 209 g/mol. The van der Waals surface area contributed by atoms with Gasteiger partial charge in [0.2, 0.25) is 5.91 Å². The summed E-state index contributed by atoms with van der Waals surface area (Å²) < 4.78 is 0. The van der Waals surface area contributed by atoms with E-state index in [1.165, 1.54) is 11.1 Å². The Morgan fingerprint density at radius 1 is 1.60 bits per heavy atom. The highest BCUT2D eigenvalue weighted by Gasteiger charge is 2.37. The first-order valence-electron chi connectivity index (χ1n) is 4.50. The number of aromatic amines is 1. The van der Waals surface area contributed by atoms with Gasteiger partial charge in [-0.25, -0.2) is 0 Å². The molecule has 7 heteroatoms. The second kappa shape index (κ2) is 3.26. The minimum atomic E-state index is -0.514. The third kappa shape index (κ3) is 1.41.